The van der Waals surface area contributed by atoms with Crippen LogP contribution in [0.25, 0.3) is 5.70 Å². The van der Waals surface area contributed by atoms with Crippen LogP contribution in [0, 0.1) is 11.2 Å². The lowest BCUT2D eigenvalue weighted by molar-refractivity contribution is -0.105. The fraction of sp³-hybridized carbons (Fsp3) is 0.0556. The Morgan fingerprint density at radius 3 is 2.82 bits per heavy atom. The van der Waals surface area contributed by atoms with Crippen molar-refractivity contribution in [2.45, 2.75) is 6.54 Å². The zero-order valence-corrected chi connectivity index (χ0v) is 14.5. The van der Waals surface area contributed by atoms with E-state index in [2.05, 4.69) is 25.8 Å². The standard InChI is InChI=1S/C18H16FN7O2/c19-12-4-2-1-3-11(12)8-22-15(14-5-6-28-26-14)7-13(20)18-23-9-16(24-10-27)17(21)25-18/h1-7,9-10,20,22H,8H2,(H,24,27)(H2,21,23,25)/b15-7-,20-13?. The number of allylic oxidation sites excluding steroid dienone is 1. The van der Waals surface area contributed by atoms with E-state index in [-0.39, 0.29) is 35.4 Å². The Morgan fingerprint density at radius 2 is 2.14 bits per heavy atom. The second-order valence-corrected chi connectivity index (χ2v) is 5.56. The van der Waals surface area contributed by atoms with Crippen LogP contribution in [0.2, 0.25) is 0 Å². The van der Waals surface area contributed by atoms with Gasteiger partial charge in [-0.3, -0.25) is 10.2 Å². The number of nitrogens with two attached hydrogens (primary N) is 1. The number of benzene rings is 1. The number of nitrogens with zero attached hydrogens (tertiary/aromatic N) is 3. The molecule has 0 saturated carbocycles. The van der Waals surface area contributed by atoms with E-state index in [1.807, 2.05) is 0 Å². The van der Waals surface area contributed by atoms with Crippen LogP contribution in [0.1, 0.15) is 17.1 Å². The third kappa shape index (κ3) is 4.36. The van der Waals surface area contributed by atoms with Gasteiger partial charge in [-0.25, -0.2) is 14.4 Å². The fourth-order valence-electron chi connectivity index (χ4n) is 2.31. The Hall–Kier alpha value is -4.08. The third-order valence-electron chi connectivity index (χ3n) is 3.70. The first kappa shape index (κ1) is 18.7. The SMILES string of the molecule is N=C(/C=C(\NCc1ccccc1F)c1ccon1)c1ncc(NC=O)c(N)n1. The van der Waals surface area contributed by atoms with Crippen molar-refractivity contribution in [2.75, 3.05) is 11.1 Å². The van der Waals surface area contributed by atoms with Gasteiger partial charge in [-0.05, 0) is 12.1 Å². The highest BCUT2D eigenvalue weighted by Gasteiger charge is 2.12. The quantitative estimate of drug-likeness (QED) is 0.345. The van der Waals surface area contributed by atoms with E-state index in [4.69, 9.17) is 15.7 Å². The van der Waals surface area contributed by atoms with E-state index in [1.165, 1.54) is 24.6 Å². The molecule has 0 aliphatic rings. The van der Waals surface area contributed by atoms with Gasteiger partial charge >= 0.3 is 0 Å². The molecular weight excluding hydrogens is 365 g/mol. The summed E-state index contributed by atoms with van der Waals surface area (Å²) in [6.45, 7) is 0.170. The van der Waals surface area contributed by atoms with Crippen molar-refractivity contribution < 1.29 is 13.7 Å². The smallest absolute Gasteiger partial charge is 0.211 e. The summed E-state index contributed by atoms with van der Waals surface area (Å²) in [6, 6.07) is 7.95. The van der Waals surface area contributed by atoms with Crippen LogP contribution < -0.4 is 16.4 Å². The summed E-state index contributed by atoms with van der Waals surface area (Å²) < 4.78 is 18.7. The Kier molecular flexibility index (Phi) is 5.70. The van der Waals surface area contributed by atoms with Crippen LogP contribution in [0.5, 0.6) is 0 Å². The van der Waals surface area contributed by atoms with E-state index in [0.717, 1.165) is 0 Å². The van der Waals surface area contributed by atoms with Crippen LogP contribution in [0.3, 0.4) is 0 Å². The maximum absolute atomic E-state index is 13.9. The van der Waals surface area contributed by atoms with E-state index in [9.17, 15) is 9.18 Å². The lowest BCUT2D eigenvalue weighted by atomic mass is 10.2. The molecule has 1 aromatic carbocycles. The molecule has 0 bridgehead atoms. The highest BCUT2D eigenvalue weighted by Crippen LogP contribution is 2.16. The molecule has 0 spiro atoms. The summed E-state index contributed by atoms with van der Waals surface area (Å²) in [5, 5.41) is 17.5. The highest BCUT2D eigenvalue weighted by molar-refractivity contribution is 6.08. The molecule has 0 radical (unpaired) electrons. The van der Waals surface area contributed by atoms with Gasteiger partial charge < -0.3 is 20.9 Å². The lowest BCUT2D eigenvalue weighted by Gasteiger charge is -2.10. The summed E-state index contributed by atoms with van der Waals surface area (Å²) in [6.07, 6.45) is 4.57. The van der Waals surface area contributed by atoms with Gasteiger partial charge in [0.1, 0.15) is 29.2 Å². The van der Waals surface area contributed by atoms with Crippen LogP contribution in [-0.4, -0.2) is 27.2 Å². The molecule has 28 heavy (non-hydrogen) atoms. The summed E-state index contributed by atoms with van der Waals surface area (Å²) in [5.41, 5.74) is 7.21. The molecular formula is C18H16FN7O2. The summed E-state index contributed by atoms with van der Waals surface area (Å²) in [5.74, 6) is -0.279. The minimum Gasteiger partial charge on any atom is -0.382 e. The number of amides is 1. The first-order chi connectivity index (χ1) is 13.6. The normalized spacial score (nSPS) is 11.1. The minimum absolute atomic E-state index is 0.0255. The Bertz CT molecular complexity index is 1020. The lowest BCUT2D eigenvalue weighted by Crippen LogP contribution is -2.16. The molecule has 0 unspecified atom stereocenters. The molecule has 0 aliphatic heterocycles. The van der Waals surface area contributed by atoms with Gasteiger partial charge in [0.15, 0.2) is 11.6 Å². The second-order valence-electron chi connectivity index (χ2n) is 5.56. The predicted molar refractivity (Wildman–Crippen MR) is 101 cm³/mol. The Morgan fingerprint density at radius 1 is 1.32 bits per heavy atom. The first-order valence-corrected chi connectivity index (χ1v) is 8.10. The molecule has 2 heterocycles. The zero-order valence-electron chi connectivity index (χ0n) is 14.5. The molecule has 1 amide bonds. The monoisotopic (exact) mass is 381 g/mol. The first-order valence-electron chi connectivity index (χ1n) is 8.10. The van der Waals surface area contributed by atoms with Crippen LogP contribution >= 0.6 is 0 Å². The number of hydrogen-bond acceptors (Lipinski definition) is 8. The van der Waals surface area contributed by atoms with Gasteiger partial charge in [0.05, 0.1) is 11.9 Å². The number of rotatable bonds is 8. The van der Waals surface area contributed by atoms with Gasteiger partial charge in [-0.1, -0.05) is 23.4 Å². The molecule has 0 fully saturated rings. The molecule has 0 aliphatic carbocycles. The maximum atomic E-state index is 13.9. The van der Waals surface area contributed by atoms with Crippen molar-refractivity contribution in [3.8, 4) is 0 Å². The molecule has 10 heteroatoms. The Labute approximate surface area is 159 Å². The maximum Gasteiger partial charge on any atom is 0.211 e. The summed E-state index contributed by atoms with van der Waals surface area (Å²) >= 11 is 0. The fourth-order valence-corrected chi connectivity index (χ4v) is 2.31. The molecule has 9 nitrogen and oxygen atoms in total. The molecule has 0 atom stereocenters. The predicted octanol–water partition coefficient (Wildman–Crippen LogP) is 1.95. The molecule has 5 N–H and O–H groups in total. The van der Waals surface area contributed by atoms with Crippen molar-refractivity contribution >= 4 is 29.3 Å². The summed E-state index contributed by atoms with van der Waals surface area (Å²) in [7, 11) is 0. The van der Waals surface area contributed by atoms with E-state index in [1.54, 1.807) is 24.3 Å². The van der Waals surface area contributed by atoms with Gasteiger partial charge in [0.2, 0.25) is 6.41 Å². The van der Waals surface area contributed by atoms with Crippen LogP contribution in [0.15, 0.2) is 53.4 Å². The minimum atomic E-state index is -0.348. The van der Waals surface area contributed by atoms with Crippen molar-refractivity contribution in [1.82, 2.24) is 20.4 Å². The highest BCUT2D eigenvalue weighted by atomic mass is 19.1. The molecule has 0 saturated heterocycles. The average molecular weight is 381 g/mol. The van der Waals surface area contributed by atoms with Crippen LogP contribution in [-0.2, 0) is 11.3 Å². The average Bonchev–Trinajstić information content (AvgIpc) is 3.22. The van der Waals surface area contributed by atoms with E-state index < -0.39 is 0 Å². The number of halogens is 1. The molecule has 2 aromatic heterocycles. The molecule has 3 aromatic rings. The van der Waals surface area contributed by atoms with Crippen molar-refractivity contribution in [1.29, 1.82) is 5.41 Å². The van der Waals surface area contributed by atoms with Gasteiger partial charge in [-0.2, -0.15) is 0 Å². The topological polar surface area (TPSA) is 143 Å². The van der Waals surface area contributed by atoms with E-state index >= 15 is 0 Å². The van der Waals surface area contributed by atoms with Crippen LogP contribution in [0.4, 0.5) is 15.9 Å². The van der Waals surface area contributed by atoms with Gasteiger partial charge in [0, 0.05) is 18.2 Å². The number of carbonyl (C=O) groups is 1. The summed E-state index contributed by atoms with van der Waals surface area (Å²) in [4.78, 5) is 18.5. The zero-order chi connectivity index (χ0) is 19.9. The van der Waals surface area contributed by atoms with Crippen molar-refractivity contribution in [2.24, 2.45) is 0 Å². The third-order valence-corrected chi connectivity index (χ3v) is 3.70. The number of aromatic nitrogens is 3. The van der Waals surface area contributed by atoms with Gasteiger partial charge in [-0.15, -0.1) is 0 Å². The van der Waals surface area contributed by atoms with Crippen molar-refractivity contribution in [3.63, 3.8) is 0 Å². The van der Waals surface area contributed by atoms with Gasteiger partial charge in [0.25, 0.3) is 0 Å². The van der Waals surface area contributed by atoms with Crippen molar-refractivity contribution in [3.05, 3.63) is 71.8 Å². The molecule has 142 valence electrons. The Balaban J connectivity index is 1.85. The number of anilines is 2. The number of hydrogen-bond donors (Lipinski definition) is 4. The second kappa shape index (κ2) is 8.54. The number of nitrogens with one attached hydrogen (secondary N) is 3. The largest absolute Gasteiger partial charge is 0.382 e. The number of carbonyl (C=O) groups excluding carboxylic acids is 1. The number of nitrogen functional groups attached to an aromatic ring is 1. The molecule has 3 rings (SSSR count). The van der Waals surface area contributed by atoms with E-state index in [0.29, 0.717) is 23.4 Å².